The number of benzene rings is 2. The molecule has 3 rings (SSSR count). The van der Waals surface area contributed by atoms with Crippen LogP contribution < -0.4 is 10.2 Å². The molecule has 5 nitrogen and oxygen atoms in total. The van der Waals surface area contributed by atoms with Gasteiger partial charge in [0.05, 0.1) is 0 Å². The minimum atomic E-state index is -0.350. The van der Waals surface area contributed by atoms with E-state index < -0.39 is 0 Å². The minimum absolute atomic E-state index is 0.137. The van der Waals surface area contributed by atoms with Gasteiger partial charge in [-0.1, -0.05) is 43.3 Å². The monoisotopic (exact) mass is 374 g/mol. The molecule has 1 amide bonds. The van der Waals surface area contributed by atoms with Gasteiger partial charge in [-0.3, -0.25) is 4.79 Å². The van der Waals surface area contributed by atoms with E-state index in [-0.39, 0.29) is 11.5 Å². The maximum absolute atomic E-state index is 12.7. The largest absolute Gasteiger partial charge is 0.373 e. The van der Waals surface area contributed by atoms with Crippen molar-refractivity contribution in [2.24, 2.45) is 0 Å². The Kier molecular flexibility index (Phi) is 6.33. The van der Waals surface area contributed by atoms with Crippen LogP contribution in [0.5, 0.6) is 0 Å². The number of nitrogens with one attached hydrogen (secondary N) is 1. The van der Waals surface area contributed by atoms with Crippen LogP contribution in [-0.4, -0.2) is 37.0 Å². The highest BCUT2D eigenvalue weighted by molar-refractivity contribution is 6.07. The summed E-state index contributed by atoms with van der Waals surface area (Å²) in [4.78, 5) is 17.1. The first-order chi connectivity index (χ1) is 13.6. The molecule has 0 saturated carbocycles. The summed E-state index contributed by atoms with van der Waals surface area (Å²) in [5.74, 6) is -0.350. The van der Waals surface area contributed by atoms with Gasteiger partial charge in [-0.25, -0.2) is 0 Å². The fourth-order valence-corrected chi connectivity index (χ4v) is 3.45. The third kappa shape index (κ3) is 4.52. The molecule has 2 aromatic rings. The summed E-state index contributed by atoms with van der Waals surface area (Å²) >= 11 is 0. The van der Waals surface area contributed by atoms with Crippen LogP contribution in [0.1, 0.15) is 18.1 Å². The molecule has 0 unspecified atom stereocenters. The zero-order chi connectivity index (χ0) is 19.9. The Morgan fingerprint density at radius 3 is 2.46 bits per heavy atom. The molecule has 1 heterocycles. The number of carbonyl (C=O) groups excluding carboxylic acids is 1. The maximum atomic E-state index is 12.7. The van der Waals surface area contributed by atoms with Gasteiger partial charge in [0.1, 0.15) is 11.6 Å². The average molecular weight is 374 g/mol. The SMILES string of the molecule is CCc1cccc(C)c1NC(=O)/C(C#N)=C\N1CCN(c2ccccc2)CC1. The maximum Gasteiger partial charge on any atom is 0.267 e. The number of para-hydroxylation sites is 2. The van der Waals surface area contributed by atoms with Gasteiger partial charge in [-0.15, -0.1) is 0 Å². The van der Waals surface area contributed by atoms with Gasteiger partial charge in [0, 0.05) is 43.8 Å². The van der Waals surface area contributed by atoms with Gasteiger partial charge in [-0.05, 0) is 36.6 Å². The van der Waals surface area contributed by atoms with Crippen molar-refractivity contribution in [1.82, 2.24) is 4.90 Å². The zero-order valence-electron chi connectivity index (χ0n) is 16.5. The highest BCUT2D eigenvalue weighted by Crippen LogP contribution is 2.22. The van der Waals surface area contributed by atoms with E-state index in [1.165, 1.54) is 5.69 Å². The molecule has 1 saturated heterocycles. The van der Waals surface area contributed by atoms with Crippen molar-refractivity contribution in [1.29, 1.82) is 5.26 Å². The highest BCUT2D eigenvalue weighted by atomic mass is 16.1. The van der Waals surface area contributed by atoms with Crippen molar-refractivity contribution >= 4 is 17.3 Å². The molecule has 0 atom stereocenters. The van der Waals surface area contributed by atoms with Gasteiger partial charge in [0.25, 0.3) is 5.91 Å². The predicted octanol–water partition coefficient (Wildman–Crippen LogP) is 3.73. The number of hydrogen-bond donors (Lipinski definition) is 1. The lowest BCUT2D eigenvalue weighted by molar-refractivity contribution is -0.112. The van der Waals surface area contributed by atoms with Crippen LogP contribution in [0, 0.1) is 18.3 Å². The minimum Gasteiger partial charge on any atom is -0.373 e. The number of nitriles is 1. The molecule has 0 radical (unpaired) electrons. The van der Waals surface area contributed by atoms with Crippen molar-refractivity contribution in [3.05, 3.63) is 71.4 Å². The van der Waals surface area contributed by atoms with E-state index in [0.29, 0.717) is 0 Å². The Hall–Kier alpha value is -3.26. The Labute approximate surface area is 166 Å². The van der Waals surface area contributed by atoms with Gasteiger partial charge in [0.2, 0.25) is 0 Å². The smallest absolute Gasteiger partial charge is 0.267 e. The van der Waals surface area contributed by atoms with E-state index in [1.807, 2.05) is 43.3 Å². The van der Waals surface area contributed by atoms with Crippen LogP contribution in [-0.2, 0) is 11.2 Å². The second kappa shape index (κ2) is 9.09. The summed E-state index contributed by atoms with van der Waals surface area (Å²) in [5.41, 5.74) is 4.23. The molecule has 1 aliphatic rings. The number of aryl methyl sites for hydroxylation is 2. The number of amides is 1. The summed E-state index contributed by atoms with van der Waals surface area (Å²) < 4.78 is 0. The van der Waals surface area contributed by atoms with Crippen molar-refractivity contribution in [2.45, 2.75) is 20.3 Å². The number of piperazine rings is 1. The van der Waals surface area contributed by atoms with Crippen molar-refractivity contribution < 1.29 is 4.79 Å². The Bertz CT molecular complexity index is 891. The number of carbonyl (C=O) groups is 1. The summed E-state index contributed by atoms with van der Waals surface area (Å²) in [7, 11) is 0. The van der Waals surface area contributed by atoms with Crippen molar-refractivity contribution in [3.63, 3.8) is 0 Å². The fourth-order valence-electron chi connectivity index (χ4n) is 3.45. The predicted molar refractivity (Wildman–Crippen MR) is 113 cm³/mol. The van der Waals surface area contributed by atoms with Crippen LogP contribution in [0.3, 0.4) is 0 Å². The molecule has 1 aliphatic heterocycles. The van der Waals surface area contributed by atoms with E-state index in [9.17, 15) is 10.1 Å². The van der Waals surface area contributed by atoms with Gasteiger partial charge >= 0.3 is 0 Å². The van der Waals surface area contributed by atoms with Crippen LogP contribution in [0.4, 0.5) is 11.4 Å². The Morgan fingerprint density at radius 1 is 1.11 bits per heavy atom. The molecule has 5 heteroatoms. The lowest BCUT2D eigenvalue weighted by Gasteiger charge is -2.35. The molecule has 144 valence electrons. The topological polar surface area (TPSA) is 59.4 Å². The third-order valence-corrected chi connectivity index (χ3v) is 5.09. The molecule has 1 N–H and O–H groups in total. The first-order valence-electron chi connectivity index (χ1n) is 9.68. The zero-order valence-corrected chi connectivity index (χ0v) is 16.5. The number of anilines is 2. The van der Waals surface area contributed by atoms with E-state index in [2.05, 4.69) is 40.2 Å². The number of nitrogens with zero attached hydrogens (tertiary/aromatic N) is 3. The normalized spacial score (nSPS) is 14.5. The Balaban J connectivity index is 1.66. The standard InChI is InChI=1S/C23H26N4O/c1-3-19-9-7-8-18(2)22(19)25-23(28)20(16-24)17-26-12-14-27(15-13-26)21-10-5-4-6-11-21/h4-11,17H,3,12-15H2,1-2H3,(H,25,28)/b20-17-. The lowest BCUT2D eigenvalue weighted by Crippen LogP contribution is -2.44. The quantitative estimate of drug-likeness (QED) is 0.640. The van der Waals surface area contributed by atoms with Crippen LogP contribution in [0.15, 0.2) is 60.3 Å². The second-order valence-electron chi connectivity index (χ2n) is 6.93. The molecule has 1 fully saturated rings. The highest BCUT2D eigenvalue weighted by Gasteiger charge is 2.18. The third-order valence-electron chi connectivity index (χ3n) is 5.09. The summed E-state index contributed by atoms with van der Waals surface area (Å²) in [6, 6.07) is 18.3. The molecule has 0 aliphatic carbocycles. The first kappa shape index (κ1) is 19.5. The lowest BCUT2D eigenvalue weighted by atomic mass is 10.1. The fraction of sp³-hybridized carbons (Fsp3) is 0.304. The van der Waals surface area contributed by atoms with E-state index in [1.54, 1.807) is 6.20 Å². The molecule has 0 spiro atoms. The van der Waals surface area contributed by atoms with Crippen LogP contribution in [0.25, 0.3) is 0 Å². The van der Waals surface area contributed by atoms with E-state index >= 15 is 0 Å². The van der Waals surface area contributed by atoms with E-state index in [4.69, 9.17) is 0 Å². The Morgan fingerprint density at radius 2 is 1.82 bits per heavy atom. The average Bonchev–Trinajstić information content (AvgIpc) is 2.74. The van der Waals surface area contributed by atoms with Crippen molar-refractivity contribution in [3.8, 4) is 6.07 Å². The number of rotatable bonds is 5. The summed E-state index contributed by atoms with van der Waals surface area (Å²) in [6.07, 6.45) is 2.52. The molecule has 0 aromatic heterocycles. The van der Waals surface area contributed by atoms with Gasteiger partial charge < -0.3 is 15.1 Å². The summed E-state index contributed by atoms with van der Waals surface area (Å²) in [6.45, 7) is 7.29. The van der Waals surface area contributed by atoms with Crippen molar-refractivity contribution in [2.75, 3.05) is 36.4 Å². The molecule has 28 heavy (non-hydrogen) atoms. The van der Waals surface area contributed by atoms with Gasteiger partial charge in [0.15, 0.2) is 0 Å². The van der Waals surface area contributed by atoms with Crippen LogP contribution in [0.2, 0.25) is 0 Å². The molecule has 0 bridgehead atoms. The van der Waals surface area contributed by atoms with Gasteiger partial charge in [-0.2, -0.15) is 5.26 Å². The first-order valence-corrected chi connectivity index (χ1v) is 9.68. The second-order valence-corrected chi connectivity index (χ2v) is 6.93. The van der Waals surface area contributed by atoms with Crippen LogP contribution >= 0.6 is 0 Å². The summed E-state index contributed by atoms with van der Waals surface area (Å²) in [5, 5.41) is 12.5. The van der Waals surface area contributed by atoms with E-state index in [0.717, 1.165) is 49.4 Å². The number of hydrogen-bond acceptors (Lipinski definition) is 4. The molecular weight excluding hydrogens is 348 g/mol. The molecule has 2 aromatic carbocycles. The molecular formula is C23H26N4O.